The second-order valence-electron chi connectivity index (χ2n) is 6.50. The number of hydrogen-bond donors (Lipinski definition) is 2. The van der Waals surface area contributed by atoms with Crippen molar-refractivity contribution < 1.29 is 24.2 Å². The summed E-state index contributed by atoms with van der Waals surface area (Å²) in [6.07, 6.45) is 3.02. The first kappa shape index (κ1) is 16.5. The highest BCUT2D eigenvalue weighted by atomic mass is 16.5. The highest BCUT2D eigenvalue weighted by Crippen LogP contribution is 2.28. The summed E-state index contributed by atoms with van der Waals surface area (Å²) in [4.78, 5) is 27.3. The van der Waals surface area contributed by atoms with Crippen LogP contribution in [0.4, 0.5) is 0 Å². The molecule has 7 heteroatoms. The summed E-state index contributed by atoms with van der Waals surface area (Å²) in [6, 6.07) is 9.02. The van der Waals surface area contributed by atoms with Gasteiger partial charge in [0.2, 0.25) is 0 Å². The topological polar surface area (TPSA) is 97.8 Å². The molecule has 2 heterocycles. The minimum absolute atomic E-state index is 0.204. The summed E-state index contributed by atoms with van der Waals surface area (Å²) in [5.41, 5.74) is 2.16. The first-order valence-corrected chi connectivity index (χ1v) is 8.49. The van der Waals surface area contributed by atoms with E-state index in [2.05, 4.69) is 10.3 Å². The van der Waals surface area contributed by atoms with Gasteiger partial charge >= 0.3 is 5.97 Å². The van der Waals surface area contributed by atoms with Crippen molar-refractivity contribution in [2.45, 2.75) is 38.0 Å². The maximum atomic E-state index is 12.1. The van der Waals surface area contributed by atoms with Crippen LogP contribution in [0.2, 0.25) is 0 Å². The van der Waals surface area contributed by atoms with Crippen molar-refractivity contribution >= 4 is 11.9 Å². The van der Waals surface area contributed by atoms with Gasteiger partial charge in [-0.25, -0.2) is 4.79 Å². The van der Waals surface area contributed by atoms with E-state index in [-0.39, 0.29) is 18.6 Å². The molecule has 1 aliphatic carbocycles. The molecule has 1 aromatic carbocycles. The fourth-order valence-electron chi connectivity index (χ4n) is 2.83. The fourth-order valence-corrected chi connectivity index (χ4v) is 2.83. The van der Waals surface area contributed by atoms with Crippen molar-refractivity contribution in [1.82, 2.24) is 10.3 Å². The maximum Gasteiger partial charge on any atom is 0.333 e. The quantitative estimate of drug-likeness (QED) is 0.855. The molecule has 1 atom stereocenters. The van der Waals surface area contributed by atoms with E-state index in [9.17, 15) is 9.59 Å². The number of carboxylic acids is 1. The first-order chi connectivity index (χ1) is 12.6. The zero-order valence-electron chi connectivity index (χ0n) is 14.0. The molecule has 0 saturated heterocycles. The number of rotatable bonds is 5. The number of nitrogens with one attached hydrogen (secondary N) is 1. The average molecular weight is 354 g/mol. The second-order valence-corrected chi connectivity index (χ2v) is 6.50. The third-order valence-electron chi connectivity index (χ3n) is 4.41. The first-order valence-electron chi connectivity index (χ1n) is 8.49. The zero-order chi connectivity index (χ0) is 18.1. The SMILES string of the molecule is O=C(NC1CC1)c1cc(Oc2ccc3c(c2)CC(C(=O)O)OC3)ccn1. The highest BCUT2D eigenvalue weighted by molar-refractivity contribution is 5.93. The number of aliphatic carboxylic acids is 1. The summed E-state index contributed by atoms with van der Waals surface area (Å²) in [5, 5.41) is 12.0. The van der Waals surface area contributed by atoms with E-state index in [1.54, 1.807) is 18.2 Å². The molecular weight excluding hydrogens is 336 g/mol. The predicted molar refractivity (Wildman–Crippen MR) is 91.2 cm³/mol. The van der Waals surface area contributed by atoms with Gasteiger partial charge < -0.3 is 19.9 Å². The van der Waals surface area contributed by atoms with E-state index in [1.165, 1.54) is 6.20 Å². The lowest BCUT2D eigenvalue weighted by atomic mass is 9.99. The summed E-state index contributed by atoms with van der Waals surface area (Å²) >= 11 is 0. The third kappa shape index (κ3) is 3.67. The van der Waals surface area contributed by atoms with Crippen LogP contribution in [0, 0.1) is 0 Å². The molecule has 1 saturated carbocycles. The van der Waals surface area contributed by atoms with Crippen molar-refractivity contribution in [3.8, 4) is 11.5 Å². The van der Waals surface area contributed by atoms with E-state index in [1.807, 2.05) is 12.1 Å². The molecule has 134 valence electrons. The van der Waals surface area contributed by atoms with E-state index < -0.39 is 12.1 Å². The Bertz CT molecular complexity index is 863. The molecule has 2 aliphatic rings. The molecule has 2 N–H and O–H groups in total. The van der Waals surface area contributed by atoms with Crippen molar-refractivity contribution in [3.63, 3.8) is 0 Å². The van der Waals surface area contributed by atoms with Gasteiger partial charge in [-0.1, -0.05) is 6.07 Å². The molecule has 1 aromatic heterocycles. The van der Waals surface area contributed by atoms with Gasteiger partial charge in [0, 0.05) is 24.7 Å². The Morgan fingerprint density at radius 2 is 1.96 bits per heavy atom. The molecule has 0 radical (unpaired) electrons. The number of amides is 1. The maximum absolute atomic E-state index is 12.1. The second kappa shape index (κ2) is 6.76. The third-order valence-corrected chi connectivity index (χ3v) is 4.41. The standard InChI is InChI=1S/C19H18N2O5/c22-18(21-13-2-3-13)16-9-15(5-6-20-16)26-14-4-1-11-10-25-17(19(23)24)8-12(11)7-14/h1,4-7,9,13,17H,2-3,8,10H2,(H,21,22)(H,23,24). The fraction of sp³-hybridized carbons (Fsp3) is 0.316. The molecule has 4 rings (SSSR count). The molecule has 1 aliphatic heterocycles. The largest absolute Gasteiger partial charge is 0.479 e. The van der Waals surface area contributed by atoms with Crippen molar-refractivity contribution in [2.24, 2.45) is 0 Å². The van der Waals surface area contributed by atoms with E-state index in [0.29, 0.717) is 23.6 Å². The van der Waals surface area contributed by atoms with Gasteiger partial charge in [0.05, 0.1) is 6.61 Å². The Kier molecular flexibility index (Phi) is 4.30. The Labute approximate surface area is 150 Å². The lowest BCUT2D eigenvalue weighted by Gasteiger charge is -2.22. The van der Waals surface area contributed by atoms with Crippen molar-refractivity contribution in [2.75, 3.05) is 0 Å². The van der Waals surface area contributed by atoms with Crippen molar-refractivity contribution in [1.29, 1.82) is 0 Å². The van der Waals surface area contributed by atoms with E-state index in [0.717, 1.165) is 24.0 Å². The zero-order valence-corrected chi connectivity index (χ0v) is 14.0. The van der Waals surface area contributed by atoms with Gasteiger partial charge in [-0.15, -0.1) is 0 Å². The number of aromatic nitrogens is 1. The van der Waals surface area contributed by atoms with E-state index >= 15 is 0 Å². The Hall–Kier alpha value is -2.93. The molecule has 2 aromatic rings. The van der Waals surface area contributed by atoms with Gasteiger partial charge in [-0.05, 0) is 42.2 Å². The van der Waals surface area contributed by atoms with Gasteiger partial charge in [0.25, 0.3) is 5.91 Å². The summed E-state index contributed by atoms with van der Waals surface area (Å²) < 4.78 is 11.2. The number of benzene rings is 1. The van der Waals surface area contributed by atoms with Crippen LogP contribution >= 0.6 is 0 Å². The van der Waals surface area contributed by atoms with E-state index in [4.69, 9.17) is 14.6 Å². The molecule has 0 bridgehead atoms. The van der Waals surface area contributed by atoms with Gasteiger partial charge in [0.1, 0.15) is 17.2 Å². The number of carboxylic acid groups (broad SMARTS) is 1. The Morgan fingerprint density at radius 1 is 1.15 bits per heavy atom. The molecule has 26 heavy (non-hydrogen) atoms. The Balaban J connectivity index is 1.50. The highest BCUT2D eigenvalue weighted by Gasteiger charge is 2.26. The van der Waals surface area contributed by atoms with Crippen LogP contribution in [-0.2, 0) is 22.6 Å². The van der Waals surface area contributed by atoms with Crippen LogP contribution in [0.3, 0.4) is 0 Å². The van der Waals surface area contributed by atoms with Crippen LogP contribution in [0.5, 0.6) is 11.5 Å². The van der Waals surface area contributed by atoms with Crippen LogP contribution in [0.25, 0.3) is 0 Å². The minimum atomic E-state index is -0.970. The van der Waals surface area contributed by atoms with Crippen LogP contribution in [0.15, 0.2) is 36.5 Å². The summed E-state index contributed by atoms with van der Waals surface area (Å²) in [6.45, 7) is 0.271. The number of ether oxygens (including phenoxy) is 2. The average Bonchev–Trinajstić information content (AvgIpc) is 3.45. The molecule has 1 fully saturated rings. The van der Waals surface area contributed by atoms with Crippen molar-refractivity contribution in [3.05, 3.63) is 53.3 Å². The normalized spacial score (nSPS) is 18.7. The molecule has 1 unspecified atom stereocenters. The van der Waals surface area contributed by atoms with Crippen LogP contribution < -0.4 is 10.1 Å². The molecule has 0 spiro atoms. The molecular formula is C19H18N2O5. The van der Waals surface area contributed by atoms with Gasteiger partial charge in [-0.2, -0.15) is 0 Å². The van der Waals surface area contributed by atoms with Crippen LogP contribution in [-0.4, -0.2) is 34.1 Å². The monoisotopic (exact) mass is 354 g/mol. The summed E-state index contributed by atoms with van der Waals surface area (Å²) in [7, 11) is 0. The summed E-state index contributed by atoms with van der Waals surface area (Å²) in [5.74, 6) is -0.0930. The van der Waals surface area contributed by atoms with Gasteiger partial charge in [-0.3, -0.25) is 9.78 Å². The number of pyridine rings is 1. The molecule has 7 nitrogen and oxygen atoms in total. The smallest absolute Gasteiger partial charge is 0.333 e. The number of hydrogen-bond acceptors (Lipinski definition) is 5. The number of carbonyl (C=O) groups is 2. The molecule has 1 amide bonds. The lowest BCUT2D eigenvalue weighted by Crippen LogP contribution is -2.30. The minimum Gasteiger partial charge on any atom is -0.479 e. The van der Waals surface area contributed by atoms with Gasteiger partial charge in [0.15, 0.2) is 6.10 Å². The number of fused-ring (bicyclic) bond motifs is 1. The number of nitrogens with zero attached hydrogens (tertiary/aromatic N) is 1. The predicted octanol–water partition coefficient (Wildman–Crippen LogP) is 2.29. The Morgan fingerprint density at radius 3 is 2.73 bits per heavy atom. The number of carbonyl (C=O) groups excluding carboxylic acids is 1. The van der Waals surface area contributed by atoms with Crippen LogP contribution in [0.1, 0.15) is 34.5 Å². The lowest BCUT2D eigenvalue weighted by molar-refractivity contribution is -0.152.